The van der Waals surface area contributed by atoms with Crippen molar-refractivity contribution in [3.63, 3.8) is 0 Å². The molecule has 0 aliphatic heterocycles. The van der Waals surface area contributed by atoms with E-state index in [2.05, 4.69) is 27.1 Å². The molecule has 0 aromatic carbocycles. The van der Waals surface area contributed by atoms with Crippen molar-refractivity contribution in [2.45, 2.75) is 6.54 Å². The number of pyridine rings is 2. The summed E-state index contributed by atoms with van der Waals surface area (Å²) in [6, 6.07) is 9.24. The Morgan fingerprint density at radius 1 is 1.40 bits per heavy atom. The number of nitrogens with one attached hydrogen (secondary N) is 1. The summed E-state index contributed by atoms with van der Waals surface area (Å²) >= 11 is 1.38. The quantitative estimate of drug-likeness (QED) is 0.567. The molecule has 0 spiro atoms. The first kappa shape index (κ1) is 19.2. The van der Waals surface area contributed by atoms with Crippen LogP contribution in [0.25, 0.3) is 11.4 Å². The molecule has 2 aromatic rings. The predicted molar refractivity (Wildman–Crippen MR) is 108 cm³/mol. The van der Waals surface area contributed by atoms with Crippen LogP contribution in [0.3, 0.4) is 0 Å². The third kappa shape index (κ3) is 5.19. The Morgan fingerprint density at radius 3 is 2.80 bits per heavy atom. The van der Waals surface area contributed by atoms with E-state index < -0.39 is 9.71 Å². The van der Waals surface area contributed by atoms with E-state index in [0.29, 0.717) is 21.4 Å². The van der Waals surface area contributed by atoms with E-state index in [1.807, 2.05) is 30.5 Å². The zero-order valence-corrected chi connectivity index (χ0v) is 15.9. The number of ether oxygens (including phenoxy) is 1. The fourth-order valence-electron chi connectivity index (χ4n) is 2.08. The van der Waals surface area contributed by atoms with Gasteiger partial charge in [-0.1, -0.05) is 18.7 Å². The van der Waals surface area contributed by atoms with Gasteiger partial charge in [0, 0.05) is 18.3 Å². The van der Waals surface area contributed by atoms with Crippen molar-refractivity contribution < 1.29 is 8.95 Å². The second-order valence-corrected chi connectivity index (χ2v) is 8.21. The van der Waals surface area contributed by atoms with Gasteiger partial charge in [-0.25, -0.2) is 13.9 Å². The van der Waals surface area contributed by atoms with Crippen molar-refractivity contribution in [2.24, 2.45) is 0 Å². The summed E-state index contributed by atoms with van der Waals surface area (Å²) < 4.78 is 21.7. The highest BCUT2D eigenvalue weighted by Crippen LogP contribution is 2.22. The van der Waals surface area contributed by atoms with Crippen LogP contribution in [-0.2, 0) is 16.3 Å². The first-order chi connectivity index (χ1) is 12.0. The fourth-order valence-corrected chi connectivity index (χ4v) is 4.41. The molecule has 25 heavy (non-hydrogen) atoms. The van der Waals surface area contributed by atoms with Crippen molar-refractivity contribution in [2.75, 3.05) is 13.4 Å². The lowest BCUT2D eigenvalue weighted by atomic mass is 10.2. The van der Waals surface area contributed by atoms with Gasteiger partial charge in [0.05, 0.1) is 44.7 Å². The van der Waals surface area contributed by atoms with E-state index in [4.69, 9.17) is 4.74 Å². The summed E-state index contributed by atoms with van der Waals surface area (Å²) in [5, 5.41) is 0. The van der Waals surface area contributed by atoms with Gasteiger partial charge in [0.25, 0.3) is 0 Å². The molecule has 5 nitrogen and oxygen atoms in total. The van der Waals surface area contributed by atoms with Gasteiger partial charge in [-0.05, 0) is 30.3 Å². The molecule has 0 aliphatic carbocycles. The molecule has 2 rings (SSSR count). The molecule has 0 fully saturated rings. The van der Waals surface area contributed by atoms with Crippen molar-refractivity contribution in [1.82, 2.24) is 14.7 Å². The molecule has 2 heterocycles. The Morgan fingerprint density at radius 2 is 2.20 bits per heavy atom. The van der Waals surface area contributed by atoms with Gasteiger partial charge in [-0.15, -0.1) is 11.8 Å². The lowest BCUT2D eigenvalue weighted by Crippen LogP contribution is -2.24. The van der Waals surface area contributed by atoms with E-state index in [0.717, 1.165) is 5.69 Å². The lowest BCUT2D eigenvalue weighted by Gasteiger charge is -2.14. The minimum Gasteiger partial charge on any atom is -0.497 e. The van der Waals surface area contributed by atoms with Crippen LogP contribution in [-0.4, -0.2) is 33.4 Å². The monoisotopic (exact) mass is 375 g/mol. The molecular weight excluding hydrogens is 354 g/mol. The zero-order chi connectivity index (χ0) is 18.3. The molecular formula is C18H21N3O2S2. The summed E-state index contributed by atoms with van der Waals surface area (Å²) in [5.41, 5.74) is 2.13. The maximum absolute atomic E-state index is 12.8. The molecule has 1 atom stereocenters. The topological polar surface area (TPSA) is 64.1 Å². The molecule has 7 heteroatoms. The SMILES string of the molecule is C=C/C=C(\SC)S(=C)(=O)NCc1cc(OC)cc(-c2ccccn2)n1. The number of allylic oxidation sites excluding steroid dienone is 2. The Labute approximate surface area is 153 Å². The lowest BCUT2D eigenvalue weighted by molar-refractivity contribution is 0.413. The van der Waals surface area contributed by atoms with Gasteiger partial charge in [-0.3, -0.25) is 4.98 Å². The molecule has 0 saturated carbocycles. The first-order valence-electron chi connectivity index (χ1n) is 7.45. The first-order valence-corrected chi connectivity index (χ1v) is 10.4. The van der Waals surface area contributed by atoms with Crippen LogP contribution >= 0.6 is 11.8 Å². The van der Waals surface area contributed by atoms with Gasteiger partial charge < -0.3 is 4.74 Å². The molecule has 0 saturated heterocycles. The fraction of sp³-hybridized carbons (Fsp3) is 0.167. The average molecular weight is 376 g/mol. The van der Waals surface area contributed by atoms with E-state index in [9.17, 15) is 4.21 Å². The molecule has 0 bridgehead atoms. The smallest absolute Gasteiger partial charge is 0.122 e. The van der Waals surface area contributed by atoms with Crippen LogP contribution in [0.5, 0.6) is 5.75 Å². The number of hydrogen-bond donors (Lipinski definition) is 1. The normalized spacial score (nSPS) is 13.9. The second-order valence-electron chi connectivity index (χ2n) is 5.02. The van der Waals surface area contributed by atoms with Gasteiger partial charge >= 0.3 is 0 Å². The van der Waals surface area contributed by atoms with Gasteiger partial charge in [0.1, 0.15) is 5.75 Å². The molecule has 1 unspecified atom stereocenters. The predicted octanol–water partition coefficient (Wildman–Crippen LogP) is 3.26. The largest absolute Gasteiger partial charge is 0.497 e. The number of nitrogens with zero attached hydrogens (tertiary/aromatic N) is 2. The standard InChI is InChI=1S/C18H21N3O2S2/c1-5-8-18(24-3)25(4,22)20-13-14-11-15(23-2)12-17(21-14)16-9-6-7-10-19-16/h5-12H,1,4,13H2,2-3H3,(H,20,22)/b18-8+. The zero-order valence-electron chi connectivity index (χ0n) is 14.3. The molecule has 2 aromatic heterocycles. The van der Waals surface area contributed by atoms with Crippen LogP contribution in [0.1, 0.15) is 5.69 Å². The summed E-state index contributed by atoms with van der Waals surface area (Å²) in [6.45, 7) is 3.93. The maximum atomic E-state index is 12.8. The molecule has 0 aliphatic rings. The molecule has 0 amide bonds. The summed E-state index contributed by atoms with van der Waals surface area (Å²) in [6.07, 6.45) is 6.86. The van der Waals surface area contributed by atoms with E-state index >= 15 is 0 Å². The number of rotatable bonds is 8. The molecule has 1 N–H and O–H groups in total. The number of hydrogen-bond acceptors (Lipinski definition) is 5. The number of thioether (sulfide) groups is 1. The van der Waals surface area contributed by atoms with Gasteiger partial charge in [0.2, 0.25) is 0 Å². The second kappa shape index (κ2) is 8.84. The number of aromatic nitrogens is 2. The van der Waals surface area contributed by atoms with Gasteiger partial charge in [0.15, 0.2) is 0 Å². The van der Waals surface area contributed by atoms with Crippen molar-refractivity contribution in [3.8, 4) is 17.1 Å². The maximum Gasteiger partial charge on any atom is 0.122 e. The van der Waals surface area contributed by atoms with Crippen LogP contribution in [0.2, 0.25) is 0 Å². The highest BCUT2D eigenvalue weighted by molar-refractivity contribution is 8.21. The van der Waals surface area contributed by atoms with Crippen LogP contribution in [0, 0.1) is 0 Å². The van der Waals surface area contributed by atoms with Gasteiger partial charge in [-0.2, -0.15) is 0 Å². The van der Waals surface area contributed by atoms with E-state index in [1.54, 1.807) is 31.5 Å². The third-order valence-corrected chi connectivity index (χ3v) is 6.52. The minimum atomic E-state index is -2.62. The molecule has 132 valence electrons. The molecule has 0 radical (unpaired) electrons. The Bertz CT molecular complexity index is 863. The summed E-state index contributed by atoms with van der Waals surface area (Å²) in [7, 11) is -1.03. The van der Waals surface area contributed by atoms with Crippen molar-refractivity contribution in [3.05, 3.63) is 65.2 Å². The summed E-state index contributed by atoms with van der Waals surface area (Å²) in [5.74, 6) is 4.47. The highest BCUT2D eigenvalue weighted by atomic mass is 32.3. The number of methoxy groups -OCH3 is 1. The van der Waals surface area contributed by atoms with Crippen LogP contribution in [0.15, 0.2) is 59.5 Å². The van der Waals surface area contributed by atoms with Crippen molar-refractivity contribution >= 4 is 27.3 Å². The summed E-state index contributed by atoms with van der Waals surface area (Å²) in [4.78, 5) is 8.89. The Hall–Kier alpha value is -2.09. The Balaban J connectivity index is 2.28. The Kier molecular flexibility index (Phi) is 6.81. The van der Waals surface area contributed by atoms with Crippen LogP contribution < -0.4 is 9.46 Å². The van der Waals surface area contributed by atoms with E-state index in [1.165, 1.54) is 11.8 Å². The highest BCUT2D eigenvalue weighted by Gasteiger charge is 2.12. The van der Waals surface area contributed by atoms with Crippen LogP contribution in [0.4, 0.5) is 0 Å². The third-order valence-electron chi connectivity index (χ3n) is 3.28. The van der Waals surface area contributed by atoms with E-state index in [-0.39, 0.29) is 6.54 Å². The van der Waals surface area contributed by atoms with Crippen molar-refractivity contribution in [1.29, 1.82) is 0 Å². The minimum absolute atomic E-state index is 0.286. The average Bonchev–Trinajstić information content (AvgIpc) is 2.64.